The van der Waals surface area contributed by atoms with Crippen LogP contribution in [0, 0.1) is 0 Å². The number of amides is 2. The second-order valence-corrected chi connectivity index (χ2v) is 12.3. The lowest BCUT2D eigenvalue weighted by Gasteiger charge is -2.33. The van der Waals surface area contributed by atoms with Crippen LogP contribution in [-0.4, -0.2) is 66.1 Å². The van der Waals surface area contributed by atoms with Gasteiger partial charge in [-0.15, -0.1) is 0 Å². The molecule has 1 N–H and O–H groups in total. The Labute approximate surface area is 266 Å². The normalized spacial score (nSPS) is 11.8. The Kier molecular flexibility index (Phi) is 11.8. The quantitative estimate of drug-likeness (QED) is 0.258. The van der Waals surface area contributed by atoms with Crippen molar-refractivity contribution >= 4 is 62.3 Å². The van der Waals surface area contributed by atoms with Gasteiger partial charge in [0, 0.05) is 34.7 Å². The first-order valence-corrected chi connectivity index (χ1v) is 15.5. The molecule has 1 atom stereocenters. The molecule has 0 aliphatic rings. The Balaban J connectivity index is 2.19. The summed E-state index contributed by atoms with van der Waals surface area (Å²) in [6, 6.07) is 12.3. The number of benzene rings is 3. The lowest BCUT2D eigenvalue weighted by Crippen LogP contribution is -2.51. The molecule has 0 aliphatic heterocycles. The summed E-state index contributed by atoms with van der Waals surface area (Å²) in [4.78, 5) is 28.2. The van der Waals surface area contributed by atoms with E-state index in [9.17, 15) is 18.0 Å². The average molecular weight is 673 g/mol. The molecule has 0 bridgehead atoms. The Morgan fingerprint density at radius 1 is 0.860 bits per heavy atom. The maximum atomic E-state index is 14.3. The Hall–Kier alpha value is -3.38. The summed E-state index contributed by atoms with van der Waals surface area (Å²) in [5, 5.41) is 3.45. The van der Waals surface area contributed by atoms with Gasteiger partial charge in [-0.05, 0) is 54.4 Å². The van der Waals surface area contributed by atoms with Crippen LogP contribution < -0.4 is 23.8 Å². The van der Waals surface area contributed by atoms with Gasteiger partial charge in [0.15, 0.2) is 11.5 Å². The first kappa shape index (κ1) is 34.1. The predicted molar refractivity (Wildman–Crippen MR) is 167 cm³/mol. The van der Waals surface area contributed by atoms with Gasteiger partial charge in [-0.2, -0.15) is 0 Å². The van der Waals surface area contributed by atoms with Gasteiger partial charge in [0.05, 0.1) is 31.9 Å². The third kappa shape index (κ3) is 7.77. The monoisotopic (exact) mass is 671 g/mol. The molecule has 2 amide bonds. The van der Waals surface area contributed by atoms with E-state index in [4.69, 9.17) is 49.0 Å². The molecule has 0 radical (unpaired) electrons. The van der Waals surface area contributed by atoms with Gasteiger partial charge in [0.1, 0.15) is 18.3 Å². The highest BCUT2D eigenvalue weighted by molar-refractivity contribution is 7.92. The van der Waals surface area contributed by atoms with Crippen LogP contribution in [0.15, 0.2) is 59.5 Å². The summed E-state index contributed by atoms with van der Waals surface area (Å²) in [7, 11) is 1.15. The fraction of sp³-hybridized carbons (Fsp3) is 0.310. The van der Waals surface area contributed by atoms with Crippen LogP contribution in [-0.2, 0) is 26.2 Å². The molecule has 0 aromatic heterocycles. The number of ether oxygens (including phenoxy) is 3. The predicted octanol–water partition coefficient (Wildman–Crippen LogP) is 5.42. The molecule has 0 spiro atoms. The molecule has 10 nitrogen and oxygen atoms in total. The van der Waals surface area contributed by atoms with Gasteiger partial charge >= 0.3 is 0 Å². The third-order valence-corrected chi connectivity index (χ3v) is 9.20. The maximum Gasteiger partial charge on any atom is 0.265 e. The fourth-order valence-corrected chi connectivity index (χ4v) is 6.46. The number of hydrogen-bond acceptors (Lipinski definition) is 7. The minimum Gasteiger partial charge on any atom is -0.495 e. The molecule has 1 unspecified atom stereocenters. The van der Waals surface area contributed by atoms with Crippen molar-refractivity contribution in [3.05, 3.63) is 75.2 Å². The number of nitrogens with zero attached hydrogens (tertiary/aromatic N) is 2. The molecule has 3 rings (SSSR count). The number of hydrogen-bond donors (Lipinski definition) is 1. The van der Waals surface area contributed by atoms with Crippen molar-refractivity contribution in [1.29, 1.82) is 0 Å². The summed E-state index contributed by atoms with van der Waals surface area (Å²) in [5.41, 5.74) is 0.520. The van der Waals surface area contributed by atoms with Crippen molar-refractivity contribution < 1.29 is 32.2 Å². The summed E-state index contributed by atoms with van der Waals surface area (Å²) >= 11 is 18.8. The number of likely N-dealkylation sites (N-methyl/N-ethyl adjacent to an activating group) is 1. The fourth-order valence-electron chi connectivity index (χ4n) is 4.40. The van der Waals surface area contributed by atoms with E-state index in [1.54, 1.807) is 19.1 Å². The summed E-state index contributed by atoms with van der Waals surface area (Å²) < 4.78 is 45.4. The van der Waals surface area contributed by atoms with Crippen molar-refractivity contribution in [1.82, 2.24) is 10.2 Å². The molecule has 3 aromatic carbocycles. The number of sulfonamides is 1. The van der Waals surface area contributed by atoms with E-state index in [-0.39, 0.29) is 45.1 Å². The molecule has 0 saturated carbocycles. The number of methoxy groups -OCH3 is 3. The number of halogens is 3. The molecule has 232 valence electrons. The van der Waals surface area contributed by atoms with Crippen LogP contribution in [0.3, 0.4) is 0 Å². The first-order valence-electron chi connectivity index (χ1n) is 12.9. The number of carbonyl (C=O) groups is 2. The highest BCUT2D eigenvalue weighted by atomic mass is 35.5. The average Bonchev–Trinajstić information content (AvgIpc) is 2.99. The van der Waals surface area contributed by atoms with Crippen molar-refractivity contribution in [3.8, 4) is 17.2 Å². The van der Waals surface area contributed by atoms with Crippen LogP contribution in [0.4, 0.5) is 5.69 Å². The minimum absolute atomic E-state index is 0.00982. The number of anilines is 1. The van der Waals surface area contributed by atoms with E-state index in [1.807, 2.05) is 0 Å². The van der Waals surface area contributed by atoms with Crippen LogP contribution >= 0.6 is 34.8 Å². The molecule has 0 fully saturated rings. The van der Waals surface area contributed by atoms with Crippen molar-refractivity contribution in [3.63, 3.8) is 0 Å². The summed E-state index contributed by atoms with van der Waals surface area (Å²) in [5.74, 6) is -0.501. The third-order valence-electron chi connectivity index (χ3n) is 6.62. The van der Waals surface area contributed by atoms with Crippen molar-refractivity contribution in [2.24, 2.45) is 0 Å². The van der Waals surface area contributed by atoms with Crippen LogP contribution in [0.25, 0.3) is 0 Å². The first-order chi connectivity index (χ1) is 20.4. The van der Waals surface area contributed by atoms with Gasteiger partial charge in [-0.3, -0.25) is 13.9 Å². The molecule has 0 aliphatic carbocycles. The lowest BCUT2D eigenvalue weighted by atomic mass is 10.1. The van der Waals surface area contributed by atoms with Crippen LogP contribution in [0.5, 0.6) is 17.2 Å². The second kappa shape index (κ2) is 14.9. The Bertz CT molecular complexity index is 1590. The standard InChI is InChI=1S/C29H32Cl3N3O7S/c1-6-23(29(37)33-2)34(16-18-7-8-19(30)13-22(18)32)28(36)17-35(24-14-20(31)9-11-25(24)40-3)43(38,39)21-10-12-26(41-4)27(15-21)42-5/h7-15,23H,6,16-17H2,1-5H3,(H,33,37). The smallest absolute Gasteiger partial charge is 0.265 e. The SMILES string of the molecule is CCC(C(=O)NC)N(Cc1ccc(Cl)cc1Cl)C(=O)CN(c1cc(Cl)ccc1OC)S(=O)(=O)c1ccc(OC)c(OC)c1. The van der Waals surface area contributed by atoms with Crippen LogP contribution in [0.2, 0.25) is 15.1 Å². The summed E-state index contributed by atoms with van der Waals surface area (Å²) in [6.45, 7) is 0.922. The van der Waals surface area contributed by atoms with E-state index in [2.05, 4.69) is 5.32 Å². The summed E-state index contributed by atoms with van der Waals surface area (Å²) in [6.07, 6.45) is 0.236. The second-order valence-electron chi connectivity index (χ2n) is 9.14. The van der Waals surface area contributed by atoms with E-state index < -0.39 is 34.4 Å². The highest BCUT2D eigenvalue weighted by Gasteiger charge is 2.35. The van der Waals surface area contributed by atoms with E-state index in [0.717, 1.165) is 4.31 Å². The Morgan fingerprint density at radius 3 is 2.05 bits per heavy atom. The van der Waals surface area contributed by atoms with Crippen molar-refractivity contribution in [2.75, 3.05) is 39.2 Å². The highest BCUT2D eigenvalue weighted by Crippen LogP contribution is 2.37. The van der Waals surface area contributed by atoms with E-state index in [0.29, 0.717) is 16.3 Å². The van der Waals surface area contributed by atoms with Crippen molar-refractivity contribution in [2.45, 2.75) is 30.8 Å². The molecular weight excluding hydrogens is 641 g/mol. The van der Waals surface area contributed by atoms with Gasteiger partial charge in [0.25, 0.3) is 10.0 Å². The zero-order valence-electron chi connectivity index (χ0n) is 24.2. The largest absolute Gasteiger partial charge is 0.495 e. The zero-order valence-corrected chi connectivity index (χ0v) is 27.3. The number of nitrogens with one attached hydrogen (secondary N) is 1. The van der Waals surface area contributed by atoms with Gasteiger partial charge in [0.2, 0.25) is 11.8 Å². The maximum absolute atomic E-state index is 14.3. The van der Waals surface area contributed by atoms with E-state index >= 15 is 0 Å². The number of carbonyl (C=O) groups excluding carboxylic acids is 2. The van der Waals surface area contributed by atoms with Gasteiger partial charge in [-0.25, -0.2) is 8.42 Å². The number of rotatable bonds is 13. The van der Waals surface area contributed by atoms with Crippen LogP contribution in [0.1, 0.15) is 18.9 Å². The lowest BCUT2D eigenvalue weighted by molar-refractivity contribution is -0.140. The minimum atomic E-state index is -4.47. The topological polar surface area (TPSA) is 114 Å². The zero-order chi connectivity index (χ0) is 31.9. The van der Waals surface area contributed by atoms with Gasteiger partial charge in [-0.1, -0.05) is 47.8 Å². The van der Waals surface area contributed by atoms with E-state index in [1.165, 1.54) is 75.7 Å². The molecule has 14 heteroatoms. The molecule has 0 saturated heterocycles. The molecular formula is C29H32Cl3N3O7S. The molecule has 3 aromatic rings. The molecule has 0 heterocycles. The Morgan fingerprint density at radius 2 is 1.47 bits per heavy atom. The van der Waals surface area contributed by atoms with Gasteiger partial charge < -0.3 is 24.4 Å². The molecule has 43 heavy (non-hydrogen) atoms.